The number of rotatable bonds is 9. The van der Waals surface area contributed by atoms with E-state index in [0.717, 1.165) is 16.8 Å². The smallest absolute Gasteiger partial charge is 0.234 e. The minimum atomic E-state index is -0.239. The summed E-state index contributed by atoms with van der Waals surface area (Å²) in [4.78, 5) is 24.9. The Labute approximate surface area is 196 Å². The summed E-state index contributed by atoms with van der Waals surface area (Å²) in [5.74, 6) is 0.268. The van der Waals surface area contributed by atoms with Gasteiger partial charge in [-0.3, -0.25) is 9.59 Å². The molecule has 3 rings (SSSR count). The van der Waals surface area contributed by atoms with Gasteiger partial charge in [-0.1, -0.05) is 53.7 Å². The Morgan fingerprint density at radius 2 is 1.88 bits per heavy atom. The Bertz CT molecular complexity index is 1150. The van der Waals surface area contributed by atoms with E-state index in [4.69, 9.17) is 11.6 Å². The summed E-state index contributed by atoms with van der Waals surface area (Å²) < 4.78 is 1.78. The van der Waals surface area contributed by atoms with Crippen LogP contribution in [0.1, 0.15) is 17.0 Å². The van der Waals surface area contributed by atoms with Crippen LogP contribution in [0.3, 0.4) is 0 Å². The van der Waals surface area contributed by atoms with Crippen molar-refractivity contribution in [2.45, 2.75) is 32.0 Å². The van der Waals surface area contributed by atoms with Gasteiger partial charge in [0.25, 0.3) is 0 Å². The average molecular weight is 470 g/mol. The summed E-state index contributed by atoms with van der Waals surface area (Å²) in [7, 11) is 0. The van der Waals surface area contributed by atoms with E-state index in [1.165, 1.54) is 11.8 Å². The summed E-state index contributed by atoms with van der Waals surface area (Å²) in [6.45, 7) is 8.02. The van der Waals surface area contributed by atoms with E-state index < -0.39 is 0 Å². The lowest BCUT2D eigenvalue weighted by molar-refractivity contribution is -0.116. The molecule has 0 aliphatic heterocycles. The number of aryl methyl sites for hydroxylation is 2. The number of nitrogens with zero attached hydrogens (tertiary/aromatic N) is 3. The monoisotopic (exact) mass is 469 g/mol. The maximum Gasteiger partial charge on any atom is 0.234 e. The first-order valence-corrected chi connectivity index (χ1v) is 11.3. The van der Waals surface area contributed by atoms with Crippen molar-refractivity contribution in [2.24, 2.45) is 0 Å². The number of allylic oxidation sites excluding steroid dienone is 1. The molecule has 0 radical (unpaired) electrons. The molecule has 9 heteroatoms. The minimum absolute atomic E-state index is 0.0301. The fraction of sp³-hybridized carbons (Fsp3) is 0.217. The Morgan fingerprint density at radius 1 is 1.09 bits per heavy atom. The number of aromatic nitrogens is 3. The normalized spacial score (nSPS) is 10.6. The van der Waals surface area contributed by atoms with Gasteiger partial charge in [0.15, 0.2) is 5.16 Å². The summed E-state index contributed by atoms with van der Waals surface area (Å²) in [6.07, 6.45) is 1.73. The molecule has 0 aliphatic rings. The van der Waals surface area contributed by atoms with Crippen molar-refractivity contribution in [2.75, 3.05) is 16.4 Å². The van der Waals surface area contributed by atoms with Crippen LogP contribution in [-0.2, 0) is 22.6 Å². The zero-order chi connectivity index (χ0) is 23.1. The standard InChI is InChI=1S/C23H24ClN5O2S/c1-4-11-29-20(13-21(30)25-17-10-9-15(2)18(24)12-17)27-28-23(29)32-14-22(31)26-19-8-6-5-7-16(19)3/h4-10,12H,1,11,13-14H2,2-3H3,(H,25,30)(H,26,31). The largest absolute Gasteiger partial charge is 0.326 e. The van der Waals surface area contributed by atoms with Gasteiger partial charge < -0.3 is 15.2 Å². The van der Waals surface area contributed by atoms with E-state index >= 15 is 0 Å². The number of halogens is 1. The molecule has 3 aromatic rings. The molecule has 0 spiro atoms. The number of hydrogen-bond acceptors (Lipinski definition) is 5. The Kier molecular flexibility index (Phi) is 8.08. The van der Waals surface area contributed by atoms with Gasteiger partial charge in [0.05, 0.1) is 12.2 Å². The van der Waals surface area contributed by atoms with Crippen molar-refractivity contribution < 1.29 is 9.59 Å². The molecule has 0 bridgehead atoms. The molecule has 2 N–H and O–H groups in total. The summed E-state index contributed by atoms with van der Waals surface area (Å²) in [6, 6.07) is 12.9. The number of hydrogen-bond donors (Lipinski definition) is 2. The van der Waals surface area contributed by atoms with Gasteiger partial charge in [-0.2, -0.15) is 0 Å². The highest BCUT2D eigenvalue weighted by Gasteiger charge is 2.17. The zero-order valence-electron chi connectivity index (χ0n) is 17.9. The van der Waals surface area contributed by atoms with Crippen LogP contribution in [0.4, 0.5) is 11.4 Å². The summed E-state index contributed by atoms with van der Waals surface area (Å²) >= 11 is 7.38. The van der Waals surface area contributed by atoms with Gasteiger partial charge >= 0.3 is 0 Å². The van der Waals surface area contributed by atoms with Crippen LogP contribution in [0, 0.1) is 13.8 Å². The number of nitrogens with one attached hydrogen (secondary N) is 2. The number of carbonyl (C=O) groups excluding carboxylic acids is 2. The number of anilines is 2. The third-order valence-electron chi connectivity index (χ3n) is 4.63. The van der Waals surface area contributed by atoms with Gasteiger partial charge in [0.1, 0.15) is 5.82 Å². The van der Waals surface area contributed by atoms with Gasteiger partial charge in [-0.25, -0.2) is 0 Å². The van der Waals surface area contributed by atoms with Gasteiger partial charge in [-0.05, 0) is 43.2 Å². The van der Waals surface area contributed by atoms with Gasteiger partial charge in [0.2, 0.25) is 11.8 Å². The fourth-order valence-corrected chi connectivity index (χ4v) is 3.87. The van der Waals surface area contributed by atoms with E-state index in [9.17, 15) is 9.59 Å². The topological polar surface area (TPSA) is 88.9 Å². The van der Waals surface area contributed by atoms with Crippen LogP contribution in [0.5, 0.6) is 0 Å². The second-order valence-electron chi connectivity index (χ2n) is 7.14. The molecule has 0 fully saturated rings. The Morgan fingerprint density at radius 3 is 2.59 bits per heavy atom. The SMILES string of the molecule is C=CCn1c(CC(=O)Nc2ccc(C)c(Cl)c2)nnc1SCC(=O)Nc1ccccc1C. The van der Waals surface area contributed by atoms with Crippen LogP contribution in [0.15, 0.2) is 60.3 Å². The maximum absolute atomic E-state index is 12.5. The first kappa shape index (κ1) is 23.6. The van der Waals surface area contributed by atoms with Crippen LogP contribution < -0.4 is 10.6 Å². The van der Waals surface area contributed by atoms with E-state index in [1.54, 1.807) is 22.8 Å². The van der Waals surface area contributed by atoms with Gasteiger partial charge in [-0.15, -0.1) is 16.8 Å². The first-order chi connectivity index (χ1) is 15.4. The molecule has 0 aliphatic carbocycles. The molecule has 0 unspecified atom stereocenters. The third-order valence-corrected chi connectivity index (χ3v) is 6.00. The lowest BCUT2D eigenvalue weighted by atomic mass is 10.2. The molecule has 7 nitrogen and oxygen atoms in total. The molecule has 1 heterocycles. The minimum Gasteiger partial charge on any atom is -0.326 e. The highest BCUT2D eigenvalue weighted by atomic mass is 35.5. The molecule has 166 valence electrons. The molecule has 32 heavy (non-hydrogen) atoms. The fourth-order valence-electron chi connectivity index (χ4n) is 2.92. The van der Waals surface area contributed by atoms with Crippen LogP contribution >= 0.6 is 23.4 Å². The quantitative estimate of drug-likeness (QED) is 0.352. The molecule has 0 saturated carbocycles. The average Bonchev–Trinajstić information content (AvgIpc) is 3.12. The van der Waals surface area contributed by atoms with Crippen LogP contribution in [0.2, 0.25) is 5.02 Å². The van der Waals surface area contributed by atoms with Gasteiger partial charge in [0, 0.05) is 22.9 Å². The second-order valence-corrected chi connectivity index (χ2v) is 8.49. The highest BCUT2D eigenvalue weighted by Crippen LogP contribution is 2.21. The van der Waals surface area contributed by atoms with Crippen molar-refractivity contribution in [3.05, 3.63) is 77.1 Å². The Balaban J connectivity index is 1.63. The lowest BCUT2D eigenvalue weighted by Crippen LogP contribution is -2.18. The van der Waals surface area contributed by atoms with Crippen molar-refractivity contribution in [1.82, 2.24) is 14.8 Å². The Hall–Kier alpha value is -3.10. The highest BCUT2D eigenvalue weighted by molar-refractivity contribution is 7.99. The van der Waals surface area contributed by atoms with E-state index in [1.807, 2.05) is 44.2 Å². The maximum atomic E-state index is 12.5. The molecule has 1 aromatic heterocycles. The second kappa shape index (κ2) is 11.0. The van der Waals surface area contributed by atoms with E-state index in [2.05, 4.69) is 27.4 Å². The molecule has 0 atom stereocenters. The zero-order valence-corrected chi connectivity index (χ0v) is 19.5. The lowest BCUT2D eigenvalue weighted by Gasteiger charge is -2.10. The summed E-state index contributed by atoms with van der Waals surface area (Å²) in [5.41, 5.74) is 3.31. The molecular formula is C23H24ClN5O2S. The third kappa shape index (κ3) is 6.21. The molecule has 0 saturated heterocycles. The number of thioether (sulfide) groups is 1. The van der Waals surface area contributed by atoms with E-state index in [-0.39, 0.29) is 24.0 Å². The van der Waals surface area contributed by atoms with Crippen LogP contribution in [0.25, 0.3) is 0 Å². The molecule has 2 aromatic carbocycles. The predicted octanol–water partition coefficient (Wildman–Crippen LogP) is 4.65. The predicted molar refractivity (Wildman–Crippen MR) is 129 cm³/mol. The first-order valence-electron chi connectivity index (χ1n) is 9.94. The van der Waals surface area contributed by atoms with Crippen molar-refractivity contribution in [3.8, 4) is 0 Å². The molecular weight excluding hydrogens is 446 g/mol. The van der Waals surface area contributed by atoms with E-state index in [0.29, 0.717) is 28.2 Å². The molecule has 2 amide bonds. The van der Waals surface area contributed by atoms with Crippen molar-refractivity contribution in [3.63, 3.8) is 0 Å². The number of benzene rings is 2. The number of amides is 2. The number of para-hydroxylation sites is 1. The summed E-state index contributed by atoms with van der Waals surface area (Å²) in [5, 5.41) is 15.2. The number of carbonyl (C=O) groups is 2. The van der Waals surface area contributed by atoms with Crippen LogP contribution in [-0.4, -0.2) is 32.3 Å². The van der Waals surface area contributed by atoms with Crippen molar-refractivity contribution >= 4 is 46.6 Å². The van der Waals surface area contributed by atoms with Crippen molar-refractivity contribution in [1.29, 1.82) is 0 Å².